The summed E-state index contributed by atoms with van der Waals surface area (Å²) in [6.45, 7) is 1.98. The predicted octanol–water partition coefficient (Wildman–Crippen LogP) is 3.69. The predicted molar refractivity (Wildman–Crippen MR) is 75.9 cm³/mol. The summed E-state index contributed by atoms with van der Waals surface area (Å²) in [4.78, 5) is 4.30. The molecule has 4 heteroatoms. The minimum Gasteiger partial charge on any atom is -0.313 e. The second kappa shape index (κ2) is 6.13. The first-order valence-electron chi connectivity index (χ1n) is 6.14. The zero-order chi connectivity index (χ0) is 13.8. The minimum atomic E-state index is -0.385. The molecule has 1 unspecified atom stereocenters. The lowest BCUT2D eigenvalue weighted by molar-refractivity contribution is 0.583. The van der Waals surface area contributed by atoms with E-state index >= 15 is 0 Å². The maximum Gasteiger partial charge on any atom is 0.141 e. The zero-order valence-electron chi connectivity index (χ0n) is 11.0. The number of rotatable bonds is 4. The Kier molecular flexibility index (Phi) is 4.51. The van der Waals surface area contributed by atoms with Crippen LogP contribution in [0.5, 0.6) is 0 Å². The number of nitrogens with one attached hydrogen (secondary N) is 1. The normalized spacial score (nSPS) is 12.4. The van der Waals surface area contributed by atoms with Crippen LogP contribution in [-0.4, -0.2) is 12.0 Å². The van der Waals surface area contributed by atoms with Crippen LogP contribution in [0.25, 0.3) is 0 Å². The Morgan fingerprint density at radius 3 is 2.79 bits per heavy atom. The third kappa shape index (κ3) is 3.31. The highest BCUT2D eigenvalue weighted by Crippen LogP contribution is 2.23. The van der Waals surface area contributed by atoms with Crippen LogP contribution in [0.1, 0.15) is 22.9 Å². The van der Waals surface area contributed by atoms with Gasteiger partial charge in [0, 0.05) is 17.9 Å². The van der Waals surface area contributed by atoms with Crippen LogP contribution in [0, 0.1) is 12.7 Å². The van der Waals surface area contributed by atoms with E-state index in [-0.39, 0.29) is 16.9 Å². The summed E-state index contributed by atoms with van der Waals surface area (Å²) in [5, 5.41) is 3.43. The van der Waals surface area contributed by atoms with Gasteiger partial charge in [0.1, 0.15) is 5.82 Å². The molecular formula is C15H16ClFN2. The van der Waals surface area contributed by atoms with E-state index in [0.717, 1.165) is 23.2 Å². The van der Waals surface area contributed by atoms with Gasteiger partial charge in [0.05, 0.1) is 5.02 Å². The van der Waals surface area contributed by atoms with Crippen LogP contribution in [0.15, 0.2) is 36.5 Å². The zero-order valence-corrected chi connectivity index (χ0v) is 11.7. The van der Waals surface area contributed by atoms with Crippen molar-refractivity contribution in [3.8, 4) is 0 Å². The van der Waals surface area contributed by atoms with Gasteiger partial charge >= 0.3 is 0 Å². The smallest absolute Gasteiger partial charge is 0.141 e. The van der Waals surface area contributed by atoms with Gasteiger partial charge < -0.3 is 5.32 Å². The van der Waals surface area contributed by atoms with Gasteiger partial charge in [0.25, 0.3) is 0 Å². The number of hydrogen-bond acceptors (Lipinski definition) is 2. The number of likely N-dealkylation sites (N-methyl/N-ethyl adjacent to an activating group) is 1. The summed E-state index contributed by atoms with van der Waals surface area (Å²) in [5.41, 5.74) is 3.13. The lowest BCUT2D eigenvalue weighted by atomic mass is 9.98. The summed E-state index contributed by atoms with van der Waals surface area (Å²) >= 11 is 5.81. The molecule has 19 heavy (non-hydrogen) atoms. The first kappa shape index (κ1) is 14.0. The fraction of sp³-hybridized carbons (Fsp3) is 0.267. The molecule has 2 nitrogen and oxygen atoms in total. The van der Waals surface area contributed by atoms with Crippen molar-refractivity contribution in [1.82, 2.24) is 10.3 Å². The third-order valence-corrected chi connectivity index (χ3v) is 3.49. The van der Waals surface area contributed by atoms with E-state index in [1.807, 2.05) is 20.0 Å². The van der Waals surface area contributed by atoms with Gasteiger partial charge in [0.15, 0.2) is 0 Å². The van der Waals surface area contributed by atoms with Crippen molar-refractivity contribution in [3.05, 3.63) is 64.2 Å². The Balaban J connectivity index is 2.24. The van der Waals surface area contributed by atoms with Crippen molar-refractivity contribution >= 4 is 11.6 Å². The Morgan fingerprint density at radius 2 is 2.16 bits per heavy atom. The Morgan fingerprint density at radius 1 is 1.37 bits per heavy atom. The molecule has 0 aliphatic rings. The molecule has 0 saturated carbocycles. The van der Waals surface area contributed by atoms with E-state index in [2.05, 4.69) is 16.4 Å². The lowest BCUT2D eigenvalue weighted by Gasteiger charge is -2.18. The van der Waals surface area contributed by atoms with Crippen LogP contribution in [0.3, 0.4) is 0 Å². The van der Waals surface area contributed by atoms with E-state index in [1.165, 1.54) is 6.07 Å². The number of aromatic nitrogens is 1. The summed E-state index contributed by atoms with van der Waals surface area (Å²) in [5.74, 6) is -0.385. The molecule has 100 valence electrons. The molecule has 1 N–H and O–H groups in total. The van der Waals surface area contributed by atoms with E-state index in [0.29, 0.717) is 0 Å². The van der Waals surface area contributed by atoms with Gasteiger partial charge in [-0.2, -0.15) is 0 Å². The molecule has 1 heterocycles. The van der Waals surface area contributed by atoms with Gasteiger partial charge in [-0.15, -0.1) is 0 Å². The second-order valence-electron chi connectivity index (χ2n) is 4.47. The standard InChI is InChI=1S/C15H16ClFN2/c1-10-12(4-3-7-19-10)15(18-2)9-11-5-6-14(17)13(16)8-11/h3-8,15,18H,9H2,1-2H3. The number of pyridine rings is 1. The number of aryl methyl sites for hydroxylation is 1. The molecule has 0 aliphatic heterocycles. The molecule has 0 aliphatic carbocycles. The van der Waals surface area contributed by atoms with Crippen LogP contribution < -0.4 is 5.32 Å². The summed E-state index contributed by atoms with van der Waals surface area (Å²) in [6, 6.07) is 8.94. The average molecular weight is 279 g/mol. The SMILES string of the molecule is CNC(Cc1ccc(F)c(Cl)c1)c1cccnc1C. The highest BCUT2D eigenvalue weighted by molar-refractivity contribution is 6.30. The maximum atomic E-state index is 13.1. The molecule has 0 bridgehead atoms. The van der Waals surface area contributed by atoms with E-state index in [1.54, 1.807) is 18.3 Å². The van der Waals surface area contributed by atoms with E-state index in [4.69, 9.17) is 11.6 Å². The number of halogens is 2. The number of benzene rings is 1. The molecule has 1 aromatic carbocycles. The Labute approximate surface area is 117 Å². The van der Waals surface area contributed by atoms with Crippen molar-refractivity contribution in [1.29, 1.82) is 0 Å². The molecule has 0 spiro atoms. The van der Waals surface area contributed by atoms with Crippen molar-refractivity contribution in [3.63, 3.8) is 0 Å². The topological polar surface area (TPSA) is 24.9 Å². The second-order valence-corrected chi connectivity index (χ2v) is 4.88. The monoisotopic (exact) mass is 278 g/mol. The highest BCUT2D eigenvalue weighted by Gasteiger charge is 2.13. The van der Waals surface area contributed by atoms with Crippen molar-refractivity contribution in [2.24, 2.45) is 0 Å². The highest BCUT2D eigenvalue weighted by atomic mass is 35.5. The summed E-state index contributed by atoms with van der Waals surface area (Å²) in [7, 11) is 1.90. The summed E-state index contributed by atoms with van der Waals surface area (Å²) in [6.07, 6.45) is 2.52. The Bertz CT molecular complexity index is 572. The van der Waals surface area contributed by atoms with E-state index in [9.17, 15) is 4.39 Å². The fourth-order valence-electron chi connectivity index (χ4n) is 2.13. The quantitative estimate of drug-likeness (QED) is 0.923. The number of nitrogens with zero attached hydrogens (tertiary/aromatic N) is 1. The van der Waals surface area contributed by atoms with Crippen LogP contribution in [-0.2, 0) is 6.42 Å². The van der Waals surface area contributed by atoms with Crippen LogP contribution in [0.4, 0.5) is 4.39 Å². The molecule has 1 aromatic heterocycles. The summed E-state index contributed by atoms with van der Waals surface area (Å²) < 4.78 is 13.1. The van der Waals surface area contributed by atoms with Crippen molar-refractivity contribution < 1.29 is 4.39 Å². The Hall–Kier alpha value is -1.45. The minimum absolute atomic E-state index is 0.134. The lowest BCUT2D eigenvalue weighted by Crippen LogP contribution is -2.20. The first-order chi connectivity index (χ1) is 9.11. The van der Waals surface area contributed by atoms with Gasteiger partial charge in [-0.05, 0) is 49.7 Å². The van der Waals surface area contributed by atoms with Crippen LogP contribution >= 0.6 is 11.6 Å². The molecule has 0 amide bonds. The fourth-order valence-corrected chi connectivity index (χ4v) is 2.34. The third-order valence-electron chi connectivity index (χ3n) is 3.20. The van der Waals surface area contributed by atoms with Gasteiger partial charge in [0.2, 0.25) is 0 Å². The molecule has 1 atom stereocenters. The average Bonchev–Trinajstić information content (AvgIpc) is 2.41. The maximum absolute atomic E-state index is 13.1. The van der Waals surface area contributed by atoms with Crippen LogP contribution in [0.2, 0.25) is 5.02 Å². The van der Waals surface area contributed by atoms with Gasteiger partial charge in [-0.25, -0.2) is 4.39 Å². The van der Waals surface area contributed by atoms with Gasteiger partial charge in [-0.3, -0.25) is 4.98 Å². The first-order valence-corrected chi connectivity index (χ1v) is 6.52. The van der Waals surface area contributed by atoms with Crippen molar-refractivity contribution in [2.75, 3.05) is 7.05 Å². The largest absolute Gasteiger partial charge is 0.313 e. The molecule has 2 aromatic rings. The molecular weight excluding hydrogens is 263 g/mol. The van der Waals surface area contributed by atoms with Gasteiger partial charge in [-0.1, -0.05) is 23.7 Å². The van der Waals surface area contributed by atoms with Crippen molar-refractivity contribution in [2.45, 2.75) is 19.4 Å². The number of hydrogen-bond donors (Lipinski definition) is 1. The van der Waals surface area contributed by atoms with E-state index < -0.39 is 0 Å². The molecule has 0 saturated heterocycles. The molecule has 2 rings (SSSR count). The molecule has 0 radical (unpaired) electrons. The molecule has 0 fully saturated rings.